The highest BCUT2D eigenvalue weighted by molar-refractivity contribution is 6.11. The fourth-order valence-corrected chi connectivity index (χ4v) is 4.77. The highest BCUT2D eigenvalue weighted by Gasteiger charge is 2.20. The van der Waals surface area contributed by atoms with Gasteiger partial charge in [-0.25, -0.2) is 4.79 Å². The van der Waals surface area contributed by atoms with Gasteiger partial charge in [0.2, 0.25) is 0 Å². The van der Waals surface area contributed by atoms with Crippen LogP contribution in [0.2, 0.25) is 0 Å². The number of benzene rings is 3. The Bertz CT molecular complexity index is 1420. The van der Waals surface area contributed by atoms with Crippen LogP contribution in [-0.4, -0.2) is 42.6 Å². The number of methoxy groups -OCH3 is 1. The summed E-state index contributed by atoms with van der Waals surface area (Å²) in [6, 6.07) is 17.3. The predicted molar refractivity (Wildman–Crippen MR) is 158 cm³/mol. The molecule has 0 spiro atoms. The van der Waals surface area contributed by atoms with Crippen LogP contribution < -0.4 is 9.47 Å². The van der Waals surface area contributed by atoms with Crippen molar-refractivity contribution >= 4 is 23.8 Å². The lowest BCUT2D eigenvalue weighted by Gasteiger charge is -2.15. The van der Waals surface area contributed by atoms with E-state index < -0.39 is 5.97 Å². The molecule has 0 aliphatic heterocycles. The van der Waals surface area contributed by atoms with E-state index in [0.29, 0.717) is 35.7 Å². The van der Waals surface area contributed by atoms with Crippen LogP contribution in [0.15, 0.2) is 66.7 Å². The summed E-state index contributed by atoms with van der Waals surface area (Å²) in [6.45, 7) is 2.33. The third-order valence-electron chi connectivity index (χ3n) is 7.04. The number of aromatic hydroxyl groups is 1. The molecule has 8 nitrogen and oxygen atoms in total. The zero-order valence-corrected chi connectivity index (χ0v) is 24.0. The zero-order valence-electron chi connectivity index (χ0n) is 24.0. The first-order valence-electron chi connectivity index (χ1n) is 14.2. The van der Waals surface area contributed by atoms with E-state index in [1.807, 2.05) is 24.3 Å². The van der Waals surface area contributed by atoms with Crippen LogP contribution in [0.3, 0.4) is 0 Å². The van der Waals surface area contributed by atoms with Crippen LogP contribution in [0, 0.1) is 0 Å². The third kappa shape index (κ3) is 8.46. The van der Waals surface area contributed by atoms with E-state index in [2.05, 4.69) is 0 Å². The lowest BCUT2D eigenvalue weighted by atomic mass is 9.98. The van der Waals surface area contributed by atoms with Gasteiger partial charge < -0.3 is 24.1 Å². The summed E-state index contributed by atoms with van der Waals surface area (Å²) < 4.78 is 21.7. The maximum Gasteiger partial charge on any atom is 0.330 e. The van der Waals surface area contributed by atoms with E-state index in [1.165, 1.54) is 19.3 Å². The fraction of sp³-hybridized carbons (Fsp3) is 0.324. The van der Waals surface area contributed by atoms with Crippen molar-refractivity contribution in [1.29, 1.82) is 0 Å². The maximum atomic E-state index is 13.4. The van der Waals surface area contributed by atoms with Gasteiger partial charge in [0.25, 0.3) is 0 Å². The number of hydrogen-bond acceptors (Lipinski definition) is 8. The molecule has 3 aromatic carbocycles. The van der Waals surface area contributed by atoms with E-state index in [1.54, 1.807) is 43.3 Å². The summed E-state index contributed by atoms with van der Waals surface area (Å²) >= 11 is 0. The van der Waals surface area contributed by atoms with Crippen molar-refractivity contribution in [2.45, 2.75) is 58.2 Å². The molecule has 0 radical (unpaired) electrons. The number of ketones is 1. The molecule has 0 bridgehead atoms. The van der Waals surface area contributed by atoms with Gasteiger partial charge in [0.05, 0.1) is 25.4 Å². The predicted octanol–water partition coefficient (Wildman–Crippen LogP) is 6.21. The van der Waals surface area contributed by atoms with E-state index in [0.717, 1.165) is 36.8 Å². The van der Waals surface area contributed by atoms with Gasteiger partial charge in [0, 0.05) is 24.1 Å². The van der Waals surface area contributed by atoms with E-state index >= 15 is 0 Å². The van der Waals surface area contributed by atoms with Crippen molar-refractivity contribution in [3.05, 3.63) is 94.6 Å². The first kappa shape index (κ1) is 30.4. The number of hydrogen-bond donors (Lipinski definition) is 1. The molecule has 1 saturated carbocycles. The maximum absolute atomic E-state index is 13.4. The number of carbonyl (C=O) groups is 3. The van der Waals surface area contributed by atoms with Crippen LogP contribution >= 0.6 is 0 Å². The van der Waals surface area contributed by atoms with Gasteiger partial charge in [0.15, 0.2) is 5.78 Å². The number of rotatable bonds is 13. The Morgan fingerprint density at radius 2 is 1.74 bits per heavy atom. The van der Waals surface area contributed by atoms with Crippen LogP contribution in [-0.2, 0) is 32.1 Å². The van der Waals surface area contributed by atoms with Gasteiger partial charge >= 0.3 is 11.9 Å². The first-order chi connectivity index (χ1) is 20.4. The Morgan fingerprint density at radius 1 is 0.976 bits per heavy atom. The number of aryl methyl sites for hydroxylation is 1. The first-order valence-corrected chi connectivity index (χ1v) is 14.2. The van der Waals surface area contributed by atoms with Crippen molar-refractivity contribution in [2.75, 3.05) is 13.7 Å². The Hall–Kier alpha value is -4.59. The minimum atomic E-state index is -0.396. The molecule has 0 saturated heterocycles. The van der Waals surface area contributed by atoms with Gasteiger partial charge in [-0.2, -0.15) is 0 Å². The molecule has 1 N–H and O–H groups in total. The second kappa shape index (κ2) is 14.9. The zero-order chi connectivity index (χ0) is 29.9. The molecule has 1 fully saturated rings. The average molecular weight is 573 g/mol. The van der Waals surface area contributed by atoms with Crippen molar-refractivity contribution in [3.8, 4) is 17.2 Å². The molecule has 42 heavy (non-hydrogen) atoms. The lowest BCUT2D eigenvalue weighted by molar-refractivity contribution is -0.140. The fourth-order valence-electron chi connectivity index (χ4n) is 4.77. The smallest absolute Gasteiger partial charge is 0.330 e. The standard InChI is InChI=1S/C34H36O8/c1-3-40-33(37)18-12-23-8-10-24(11-9-23)22-41-31-17-13-26(20-25(31)14-19-32(36)39-2)34(38)29-16-15-28(21-30(29)35)42-27-6-4-5-7-27/h8-13,15-18,20-21,27,35H,3-7,14,19,22H2,1-2H3/b18-12+. The van der Waals surface area contributed by atoms with Crippen LogP contribution in [0.25, 0.3) is 6.08 Å². The Kier molecular flexibility index (Phi) is 10.8. The van der Waals surface area contributed by atoms with Crippen LogP contribution in [0.5, 0.6) is 17.2 Å². The molecular formula is C34H36O8. The van der Waals surface area contributed by atoms with Crippen LogP contribution in [0.4, 0.5) is 0 Å². The average Bonchev–Trinajstić information content (AvgIpc) is 3.51. The van der Waals surface area contributed by atoms with Gasteiger partial charge in [-0.05, 0) is 92.1 Å². The van der Waals surface area contributed by atoms with Crippen LogP contribution in [0.1, 0.15) is 71.6 Å². The number of ether oxygens (including phenoxy) is 4. The second-order valence-corrected chi connectivity index (χ2v) is 10.0. The number of phenols is 1. The SMILES string of the molecule is CCOC(=O)/C=C/c1ccc(COc2ccc(C(=O)c3ccc(OC4CCCC4)cc3O)cc2CCC(=O)OC)cc1. The molecule has 0 heterocycles. The minimum absolute atomic E-state index is 0.116. The van der Waals surface area contributed by atoms with Gasteiger partial charge in [-0.1, -0.05) is 24.3 Å². The topological polar surface area (TPSA) is 108 Å². The highest BCUT2D eigenvalue weighted by atomic mass is 16.5. The van der Waals surface area contributed by atoms with Crippen molar-refractivity contribution in [3.63, 3.8) is 0 Å². The van der Waals surface area contributed by atoms with E-state index in [-0.39, 0.29) is 42.2 Å². The number of phenolic OH excluding ortho intramolecular Hbond substituents is 1. The third-order valence-corrected chi connectivity index (χ3v) is 7.04. The normalized spacial score (nSPS) is 13.2. The summed E-state index contributed by atoms with van der Waals surface area (Å²) in [5.41, 5.74) is 2.93. The number of esters is 2. The Morgan fingerprint density at radius 3 is 2.43 bits per heavy atom. The largest absolute Gasteiger partial charge is 0.507 e. The minimum Gasteiger partial charge on any atom is -0.507 e. The summed E-state index contributed by atoms with van der Waals surface area (Å²) in [5, 5.41) is 10.6. The summed E-state index contributed by atoms with van der Waals surface area (Å²) in [5.74, 6) is -0.191. The van der Waals surface area contributed by atoms with Crippen molar-refractivity contribution < 1.29 is 38.4 Å². The molecule has 0 atom stereocenters. The number of carbonyl (C=O) groups excluding carboxylic acids is 3. The van der Waals surface area contributed by atoms with Gasteiger partial charge in [-0.15, -0.1) is 0 Å². The highest BCUT2D eigenvalue weighted by Crippen LogP contribution is 2.31. The van der Waals surface area contributed by atoms with Gasteiger partial charge in [0.1, 0.15) is 23.9 Å². The quantitative estimate of drug-likeness (QED) is 0.146. The van der Waals surface area contributed by atoms with Crippen molar-refractivity contribution in [1.82, 2.24) is 0 Å². The summed E-state index contributed by atoms with van der Waals surface area (Å²) in [4.78, 5) is 36.8. The van der Waals surface area contributed by atoms with E-state index in [4.69, 9.17) is 18.9 Å². The summed E-state index contributed by atoms with van der Waals surface area (Å²) in [7, 11) is 1.33. The molecule has 0 aromatic heterocycles. The molecule has 0 amide bonds. The van der Waals surface area contributed by atoms with E-state index in [9.17, 15) is 19.5 Å². The Balaban J connectivity index is 1.47. The molecule has 1 aliphatic carbocycles. The molecule has 1 aliphatic rings. The summed E-state index contributed by atoms with van der Waals surface area (Å²) in [6.07, 6.45) is 7.86. The van der Waals surface area contributed by atoms with Crippen molar-refractivity contribution in [2.24, 2.45) is 0 Å². The molecule has 3 aromatic rings. The Labute approximate surface area is 245 Å². The molecule has 4 rings (SSSR count). The molecule has 8 heteroatoms. The monoisotopic (exact) mass is 572 g/mol. The lowest BCUT2D eigenvalue weighted by Crippen LogP contribution is -2.11. The molecule has 220 valence electrons. The van der Waals surface area contributed by atoms with Gasteiger partial charge in [-0.3, -0.25) is 9.59 Å². The molecular weight excluding hydrogens is 536 g/mol. The molecule has 0 unspecified atom stereocenters. The second-order valence-electron chi connectivity index (χ2n) is 10.0.